The van der Waals surface area contributed by atoms with Crippen LogP contribution < -0.4 is 0 Å². The Morgan fingerprint density at radius 2 is 1.55 bits per heavy atom. The van der Waals surface area contributed by atoms with Gasteiger partial charge in [-0.05, 0) is 44.0 Å². The molecule has 0 fully saturated rings. The molecule has 2 aromatic carbocycles. The smallest absolute Gasteiger partial charge is 0.161 e. The molecule has 22 heavy (non-hydrogen) atoms. The van der Waals surface area contributed by atoms with Crippen LogP contribution in [0.1, 0.15) is 16.8 Å². The van der Waals surface area contributed by atoms with E-state index in [-0.39, 0.29) is 0 Å². The zero-order chi connectivity index (χ0) is 15.3. The van der Waals surface area contributed by atoms with E-state index in [1.165, 1.54) is 16.5 Å². The van der Waals surface area contributed by atoms with Gasteiger partial charge in [-0.2, -0.15) is 0 Å². The van der Waals surface area contributed by atoms with Crippen LogP contribution in [0.5, 0.6) is 0 Å². The van der Waals surface area contributed by atoms with Gasteiger partial charge in [0.25, 0.3) is 0 Å². The van der Waals surface area contributed by atoms with Crippen molar-refractivity contribution in [3.05, 3.63) is 65.4 Å². The number of rotatable bonds is 1. The molecule has 2 aromatic heterocycles. The standard InChI is InChI=1S/C20H17NO/c1-12-9-13(2)19-16(10-12)17-11-14(3)21-18(20(17)22-19)15-7-5-4-6-8-15/h4-11H,1-3H3. The highest BCUT2D eigenvalue weighted by atomic mass is 16.3. The van der Waals surface area contributed by atoms with Gasteiger partial charge in [-0.25, -0.2) is 4.98 Å². The van der Waals surface area contributed by atoms with Gasteiger partial charge in [-0.3, -0.25) is 0 Å². The third-order valence-electron chi connectivity index (χ3n) is 4.06. The van der Waals surface area contributed by atoms with Crippen molar-refractivity contribution in [2.75, 3.05) is 0 Å². The van der Waals surface area contributed by atoms with Crippen molar-refractivity contribution < 1.29 is 4.42 Å². The Morgan fingerprint density at radius 1 is 0.818 bits per heavy atom. The molecule has 0 amide bonds. The van der Waals surface area contributed by atoms with E-state index >= 15 is 0 Å². The first-order valence-corrected chi connectivity index (χ1v) is 7.50. The van der Waals surface area contributed by atoms with Crippen LogP contribution in [0.3, 0.4) is 0 Å². The minimum absolute atomic E-state index is 0.875. The molecule has 4 rings (SSSR count). The average molecular weight is 287 g/mol. The van der Waals surface area contributed by atoms with Crippen molar-refractivity contribution in [1.29, 1.82) is 0 Å². The Hall–Kier alpha value is -2.61. The highest BCUT2D eigenvalue weighted by molar-refractivity contribution is 6.09. The summed E-state index contributed by atoms with van der Waals surface area (Å²) >= 11 is 0. The average Bonchev–Trinajstić information content (AvgIpc) is 2.86. The first-order chi connectivity index (χ1) is 10.6. The first-order valence-electron chi connectivity index (χ1n) is 7.50. The van der Waals surface area contributed by atoms with E-state index in [9.17, 15) is 0 Å². The lowest BCUT2D eigenvalue weighted by molar-refractivity contribution is 0.664. The Morgan fingerprint density at radius 3 is 2.32 bits per heavy atom. The van der Waals surface area contributed by atoms with E-state index in [4.69, 9.17) is 9.40 Å². The zero-order valence-electron chi connectivity index (χ0n) is 13.0. The summed E-state index contributed by atoms with van der Waals surface area (Å²) in [5, 5.41) is 2.32. The summed E-state index contributed by atoms with van der Waals surface area (Å²) in [5.74, 6) is 0. The topological polar surface area (TPSA) is 26.0 Å². The lowest BCUT2D eigenvalue weighted by atomic mass is 10.0. The van der Waals surface area contributed by atoms with Crippen molar-refractivity contribution in [2.24, 2.45) is 0 Å². The van der Waals surface area contributed by atoms with Crippen molar-refractivity contribution in [3.63, 3.8) is 0 Å². The number of benzene rings is 2. The summed E-state index contributed by atoms with van der Waals surface area (Å²) < 4.78 is 6.22. The molecule has 0 unspecified atom stereocenters. The quantitative estimate of drug-likeness (QED) is 0.457. The first kappa shape index (κ1) is 13.1. The van der Waals surface area contributed by atoms with E-state index < -0.39 is 0 Å². The maximum absolute atomic E-state index is 6.22. The Labute approximate surface area is 129 Å². The lowest BCUT2D eigenvalue weighted by Crippen LogP contribution is -1.87. The molecule has 2 heteroatoms. The molecule has 0 radical (unpaired) electrons. The van der Waals surface area contributed by atoms with Gasteiger partial charge in [-0.1, -0.05) is 36.4 Å². The number of furan rings is 1. The summed E-state index contributed by atoms with van der Waals surface area (Å²) in [6, 6.07) is 16.7. The number of pyridine rings is 1. The van der Waals surface area contributed by atoms with Crippen LogP contribution in [0.2, 0.25) is 0 Å². The second-order valence-electron chi connectivity index (χ2n) is 5.92. The molecular weight excluding hydrogens is 270 g/mol. The maximum Gasteiger partial charge on any atom is 0.161 e. The van der Waals surface area contributed by atoms with Gasteiger partial charge >= 0.3 is 0 Å². The predicted octanol–water partition coefficient (Wildman–Crippen LogP) is 5.57. The minimum Gasteiger partial charge on any atom is -0.453 e. The van der Waals surface area contributed by atoms with Crippen molar-refractivity contribution in [2.45, 2.75) is 20.8 Å². The van der Waals surface area contributed by atoms with Gasteiger partial charge in [0, 0.05) is 22.0 Å². The van der Waals surface area contributed by atoms with Crippen LogP contribution in [-0.2, 0) is 0 Å². The predicted molar refractivity (Wildman–Crippen MR) is 91.2 cm³/mol. The largest absolute Gasteiger partial charge is 0.453 e. The second-order valence-corrected chi connectivity index (χ2v) is 5.92. The van der Waals surface area contributed by atoms with E-state index in [0.717, 1.165) is 33.5 Å². The summed E-state index contributed by atoms with van der Waals surface area (Å²) in [4.78, 5) is 4.73. The van der Waals surface area contributed by atoms with Crippen LogP contribution in [0.4, 0.5) is 0 Å². The van der Waals surface area contributed by atoms with Crippen LogP contribution in [0.25, 0.3) is 33.2 Å². The molecule has 0 atom stereocenters. The third kappa shape index (κ3) is 1.92. The van der Waals surface area contributed by atoms with Crippen LogP contribution in [0.15, 0.2) is 52.9 Å². The Kier molecular flexibility index (Phi) is 2.80. The molecule has 0 aliphatic carbocycles. The second kappa shape index (κ2) is 4.70. The number of nitrogens with zero attached hydrogens (tertiary/aromatic N) is 1. The highest BCUT2D eigenvalue weighted by Gasteiger charge is 2.15. The van der Waals surface area contributed by atoms with Gasteiger partial charge < -0.3 is 4.42 Å². The van der Waals surface area contributed by atoms with Gasteiger partial charge in [0.15, 0.2) is 5.58 Å². The number of aromatic nitrogens is 1. The molecule has 2 heterocycles. The molecule has 108 valence electrons. The number of aryl methyl sites for hydroxylation is 3. The molecule has 0 aliphatic heterocycles. The molecule has 0 saturated heterocycles. The fourth-order valence-corrected chi connectivity index (χ4v) is 3.15. The molecule has 0 spiro atoms. The normalized spacial score (nSPS) is 11.4. The van der Waals surface area contributed by atoms with Crippen LogP contribution in [0, 0.1) is 20.8 Å². The van der Waals surface area contributed by atoms with E-state index in [2.05, 4.69) is 44.2 Å². The zero-order valence-corrected chi connectivity index (χ0v) is 13.0. The van der Waals surface area contributed by atoms with Crippen molar-refractivity contribution in [1.82, 2.24) is 4.98 Å². The highest BCUT2D eigenvalue weighted by Crippen LogP contribution is 2.36. The summed E-state index contributed by atoms with van der Waals surface area (Å²) in [5.41, 5.74) is 7.28. The van der Waals surface area contributed by atoms with Crippen LogP contribution >= 0.6 is 0 Å². The molecule has 2 nitrogen and oxygen atoms in total. The number of fused-ring (bicyclic) bond motifs is 3. The SMILES string of the molecule is Cc1cc(C)c2oc3c(-c4ccccc4)nc(C)cc3c2c1. The van der Waals surface area contributed by atoms with Gasteiger partial charge in [0.05, 0.1) is 0 Å². The fraction of sp³-hybridized carbons (Fsp3) is 0.150. The summed E-state index contributed by atoms with van der Waals surface area (Å²) in [6.45, 7) is 6.25. The van der Waals surface area contributed by atoms with E-state index in [0.29, 0.717) is 0 Å². The molecule has 0 N–H and O–H groups in total. The van der Waals surface area contributed by atoms with Crippen molar-refractivity contribution >= 4 is 21.9 Å². The number of hydrogen-bond acceptors (Lipinski definition) is 2. The summed E-state index contributed by atoms with van der Waals surface area (Å²) in [7, 11) is 0. The lowest BCUT2D eigenvalue weighted by Gasteiger charge is -2.03. The van der Waals surface area contributed by atoms with Gasteiger partial charge in [0.2, 0.25) is 0 Å². The van der Waals surface area contributed by atoms with E-state index in [1.807, 2.05) is 25.1 Å². The molecule has 0 aliphatic rings. The number of hydrogen-bond donors (Lipinski definition) is 0. The Bertz CT molecular complexity index is 997. The molecular formula is C20H17NO. The van der Waals surface area contributed by atoms with E-state index in [1.54, 1.807) is 0 Å². The van der Waals surface area contributed by atoms with Crippen molar-refractivity contribution in [3.8, 4) is 11.3 Å². The Balaban J connectivity index is 2.17. The molecule has 4 aromatic rings. The van der Waals surface area contributed by atoms with Gasteiger partial charge in [0.1, 0.15) is 11.3 Å². The molecule has 0 saturated carbocycles. The maximum atomic E-state index is 6.22. The van der Waals surface area contributed by atoms with Crippen LogP contribution in [-0.4, -0.2) is 4.98 Å². The monoisotopic (exact) mass is 287 g/mol. The minimum atomic E-state index is 0.875. The molecule has 0 bridgehead atoms. The summed E-state index contributed by atoms with van der Waals surface area (Å²) in [6.07, 6.45) is 0. The third-order valence-corrected chi connectivity index (χ3v) is 4.06. The fourth-order valence-electron chi connectivity index (χ4n) is 3.15. The van der Waals surface area contributed by atoms with Gasteiger partial charge in [-0.15, -0.1) is 0 Å².